The van der Waals surface area contributed by atoms with Gasteiger partial charge in [0.2, 0.25) is 0 Å². The summed E-state index contributed by atoms with van der Waals surface area (Å²) >= 11 is 0. The Labute approximate surface area is 98.2 Å². The van der Waals surface area contributed by atoms with Gasteiger partial charge in [-0.1, -0.05) is 43.7 Å². The molecule has 0 atom stereocenters. The Morgan fingerprint density at radius 2 is 2.00 bits per heavy atom. The standard InChI is InChI=1S/C15H20O/c1-4-5-9-14(11-13(3)16)15-10-7-6-8-12(15)2/h6-10H,4-5,11H2,1-3H3/b14-9-. The minimum Gasteiger partial charge on any atom is -0.300 e. The lowest BCUT2D eigenvalue weighted by molar-refractivity contribution is -0.116. The molecule has 0 saturated heterocycles. The van der Waals surface area contributed by atoms with Gasteiger partial charge in [-0.3, -0.25) is 4.79 Å². The van der Waals surface area contributed by atoms with Crippen molar-refractivity contribution >= 4 is 11.4 Å². The average Bonchev–Trinajstić information content (AvgIpc) is 2.24. The van der Waals surface area contributed by atoms with E-state index in [0.717, 1.165) is 12.8 Å². The summed E-state index contributed by atoms with van der Waals surface area (Å²) in [6.45, 7) is 5.90. The molecule has 0 radical (unpaired) electrons. The smallest absolute Gasteiger partial charge is 0.134 e. The highest BCUT2D eigenvalue weighted by atomic mass is 16.1. The van der Waals surface area contributed by atoms with Crippen LogP contribution in [-0.2, 0) is 4.79 Å². The molecule has 0 unspecified atom stereocenters. The zero-order valence-corrected chi connectivity index (χ0v) is 10.4. The fourth-order valence-electron chi connectivity index (χ4n) is 1.80. The van der Waals surface area contributed by atoms with Crippen molar-refractivity contribution in [3.63, 3.8) is 0 Å². The van der Waals surface area contributed by atoms with E-state index in [2.05, 4.69) is 32.1 Å². The molecule has 0 spiro atoms. The van der Waals surface area contributed by atoms with Gasteiger partial charge in [0.05, 0.1) is 0 Å². The number of rotatable bonds is 5. The van der Waals surface area contributed by atoms with Crippen molar-refractivity contribution < 1.29 is 4.79 Å². The third kappa shape index (κ3) is 3.65. The second-order valence-electron chi connectivity index (χ2n) is 4.21. The Hall–Kier alpha value is -1.37. The lowest BCUT2D eigenvalue weighted by Gasteiger charge is -2.09. The lowest BCUT2D eigenvalue weighted by atomic mass is 9.95. The van der Waals surface area contributed by atoms with Gasteiger partial charge in [0.1, 0.15) is 5.78 Å². The van der Waals surface area contributed by atoms with E-state index in [-0.39, 0.29) is 5.78 Å². The molecule has 86 valence electrons. The van der Waals surface area contributed by atoms with Crippen LogP contribution >= 0.6 is 0 Å². The second-order valence-corrected chi connectivity index (χ2v) is 4.21. The van der Waals surface area contributed by atoms with Gasteiger partial charge < -0.3 is 0 Å². The number of carbonyl (C=O) groups excluding carboxylic acids is 1. The Kier molecular flexibility index (Phi) is 4.97. The second kappa shape index (κ2) is 6.26. The number of hydrogen-bond acceptors (Lipinski definition) is 1. The maximum absolute atomic E-state index is 11.3. The highest BCUT2D eigenvalue weighted by Gasteiger charge is 2.06. The Morgan fingerprint density at radius 1 is 1.31 bits per heavy atom. The fraction of sp³-hybridized carbons (Fsp3) is 0.400. The molecule has 0 aliphatic carbocycles. The number of hydrogen-bond donors (Lipinski definition) is 0. The number of allylic oxidation sites excluding steroid dienone is 2. The highest BCUT2D eigenvalue weighted by molar-refractivity contribution is 5.89. The Balaban J connectivity index is 3.01. The highest BCUT2D eigenvalue weighted by Crippen LogP contribution is 2.22. The predicted octanol–water partition coefficient (Wildman–Crippen LogP) is 4.16. The molecule has 0 fully saturated rings. The summed E-state index contributed by atoms with van der Waals surface area (Å²) in [6, 6.07) is 8.25. The maximum Gasteiger partial charge on any atom is 0.134 e. The number of Topliss-reactive ketones (excluding diaryl/α,β-unsaturated/α-hetero) is 1. The topological polar surface area (TPSA) is 17.1 Å². The van der Waals surface area contributed by atoms with Crippen LogP contribution < -0.4 is 0 Å². The Bertz CT molecular complexity index is 388. The molecule has 1 rings (SSSR count). The molecule has 1 heteroatoms. The van der Waals surface area contributed by atoms with E-state index in [9.17, 15) is 4.79 Å². The summed E-state index contributed by atoms with van der Waals surface area (Å²) in [6.07, 6.45) is 4.90. The van der Waals surface area contributed by atoms with Crippen molar-refractivity contribution in [2.45, 2.75) is 40.0 Å². The molecular formula is C15H20O. The van der Waals surface area contributed by atoms with E-state index in [1.165, 1.54) is 16.7 Å². The molecule has 0 amide bonds. The third-order valence-electron chi connectivity index (χ3n) is 2.61. The third-order valence-corrected chi connectivity index (χ3v) is 2.61. The van der Waals surface area contributed by atoms with Crippen LogP contribution in [0.15, 0.2) is 30.3 Å². The van der Waals surface area contributed by atoms with Crippen LogP contribution in [0.1, 0.15) is 44.2 Å². The van der Waals surface area contributed by atoms with Crippen molar-refractivity contribution in [1.29, 1.82) is 0 Å². The molecular weight excluding hydrogens is 196 g/mol. The van der Waals surface area contributed by atoms with Crippen LogP contribution in [0, 0.1) is 6.92 Å². The lowest BCUT2D eigenvalue weighted by Crippen LogP contribution is -1.96. The summed E-state index contributed by atoms with van der Waals surface area (Å²) in [7, 11) is 0. The predicted molar refractivity (Wildman–Crippen MR) is 69.4 cm³/mol. The van der Waals surface area contributed by atoms with E-state index in [0.29, 0.717) is 6.42 Å². The minimum atomic E-state index is 0.227. The Morgan fingerprint density at radius 3 is 2.56 bits per heavy atom. The molecule has 0 heterocycles. The molecule has 1 aromatic carbocycles. The van der Waals surface area contributed by atoms with E-state index in [1.807, 2.05) is 12.1 Å². The van der Waals surface area contributed by atoms with Crippen molar-refractivity contribution in [3.8, 4) is 0 Å². The van der Waals surface area contributed by atoms with Crippen LogP contribution in [0.4, 0.5) is 0 Å². The van der Waals surface area contributed by atoms with Crippen molar-refractivity contribution in [1.82, 2.24) is 0 Å². The van der Waals surface area contributed by atoms with Crippen LogP contribution in [0.5, 0.6) is 0 Å². The zero-order chi connectivity index (χ0) is 12.0. The summed E-state index contributed by atoms with van der Waals surface area (Å²) in [5.41, 5.74) is 3.63. The zero-order valence-electron chi connectivity index (χ0n) is 10.4. The number of ketones is 1. The van der Waals surface area contributed by atoms with E-state index >= 15 is 0 Å². The summed E-state index contributed by atoms with van der Waals surface area (Å²) in [4.78, 5) is 11.3. The van der Waals surface area contributed by atoms with Crippen molar-refractivity contribution in [3.05, 3.63) is 41.5 Å². The molecule has 1 aromatic rings. The van der Waals surface area contributed by atoms with E-state index < -0.39 is 0 Å². The van der Waals surface area contributed by atoms with Gasteiger partial charge in [-0.2, -0.15) is 0 Å². The first kappa shape index (κ1) is 12.7. The molecule has 0 N–H and O–H groups in total. The van der Waals surface area contributed by atoms with Gasteiger partial charge in [-0.25, -0.2) is 0 Å². The fourth-order valence-corrected chi connectivity index (χ4v) is 1.80. The monoisotopic (exact) mass is 216 g/mol. The number of carbonyl (C=O) groups is 1. The quantitative estimate of drug-likeness (QED) is 0.722. The van der Waals surface area contributed by atoms with E-state index in [4.69, 9.17) is 0 Å². The van der Waals surface area contributed by atoms with Crippen LogP contribution in [-0.4, -0.2) is 5.78 Å². The minimum absolute atomic E-state index is 0.227. The molecule has 0 bridgehead atoms. The summed E-state index contributed by atoms with van der Waals surface area (Å²) in [5.74, 6) is 0.227. The number of unbranched alkanes of at least 4 members (excludes halogenated alkanes) is 1. The first-order valence-electron chi connectivity index (χ1n) is 5.89. The maximum atomic E-state index is 11.3. The molecule has 0 aliphatic rings. The molecule has 0 aliphatic heterocycles. The van der Waals surface area contributed by atoms with Gasteiger partial charge in [0.15, 0.2) is 0 Å². The van der Waals surface area contributed by atoms with Gasteiger partial charge in [0.25, 0.3) is 0 Å². The first-order chi connectivity index (χ1) is 7.65. The number of aryl methyl sites for hydroxylation is 1. The van der Waals surface area contributed by atoms with Gasteiger partial charge in [-0.15, -0.1) is 0 Å². The van der Waals surface area contributed by atoms with Crippen molar-refractivity contribution in [2.75, 3.05) is 0 Å². The SMILES string of the molecule is CCC/C=C(/CC(C)=O)c1ccccc1C. The van der Waals surface area contributed by atoms with E-state index in [1.54, 1.807) is 6.92 Å². The molecule has 0 aromatic heterocycles. The van der Waals surface area contributed by atoms with Gasteiger partial charge in [0, 0.05) is 6.42 Å². The molecule has 16 heavy (non-hydrogen) atoms. The summed E-state index contributed by atoms with van der Waals surface area (Å²) < 4.78 is 0. The van der Waals surface area contributed by atoms with Gasteiger partial charge in [-0.05, 0) is 37.0 Å². The molecule has 1 nitrogen and oxygen atoms in total. The van der Waals surface area contributed by atoms with Gasteiger partial charge >= 0.3 is 0 Å². The largest absolute Gasteiger partial charge is 0.300 e. The summed E-state index contributed by atoms with van der Waals surface area (Å²) in [5, 5.41) is 0. The molecule has 0 saturated carbocycles. The first-order valence-corrected chi connectivity index (χ1v) is 5.89. The van der Waals surface area contributed by atoms with Crippen LogP contribution in [0.2, 0.25) is 0 Å². The number of benzene rings is 1. The van der Waals surface area contributed by atoms with Crippen LogP contribution in [0.3, 0.4) is 0 Å². The van der Waals surface area contributed by atoms with Crippen molar-refractivity contribution in [2.24, 2.45) is 0 Å². The van der Waals surface area contributed by atoms with Crippen LogP contribution in [0.25, 0.3) is 5.57 Å². The normalized spacial score (nSPS) is 11.6. The average molecular weight is 216 g/mol.